The number of amides is 1. The minimum Gasteiger partial charge on any atom is -0.368 e. The molecule has 1 amide bonds. The van der Waals surface area contributed by atoms with Gasteiger partial charge in [-0.1, -0.05) is 11.6 Å². The van der Waals surface area contributed by atoms with Gasteiger partial charge in [-0.05, 0) is 12.1 Å². The average Bonchev–Trinajstić information content (AvgIpc) is 3.01. The van der Waals surface area contributed by atoms with Gasteiger partial charge in [-0.2, -0.15) is 0 Å². The highest BCUT2D eigenvalue weighted by molar-refractivity contribution is 6.30. The van der Waals surface area contributed by atoms with E-state index in [1.807, 2.05) is 25.1 Å². The van der Waals surface area contributed by atoms with Gasteiger partial charge >= 0.3 is 0 Å². The van der Waals surface area contributed by atoms with Crippen LogP contribution < -0.4 is 4.90 Å². The SMILES string of the molecule is CN(C)c1nccc([C@H]2CN(C(=O)c3cc(Cl)c[nH]3)CCO2)n1. The van der Waals surface area contributed by atoms with Gasteiger partial charge < -0.3 is 19.5 Å². The molecule has 2 aromatic rings. The maximum Gasteiger partial charge on any atom is 0.270 e. The number of rotatable bonds is 3. The summed E-state index contributed by atoms with van der Waals surface area (Å²) in [6.07, 6.45) is 3.03. The molecule has 7 nitrogen and oxygen atoms in total. The quantitative estimate of drug-likeness (QED) is 0.924. The molecule has 1 N–H and O–H groups in total. The number of carbonyl (C=O) groups excluding carboxylic acids is 1. The first kappa shape index (κ1) is 15.8. The lowest BCUT2D eigenvalue weighted by molar-refractivity contribution is -0.0249. The van der Waals surface area contributed by atoms with Crippen molar-refractivity contribution in [1.29, 1.82) is 0 Å². The number of aromatic amines is 1. The van der Waals surface area contributed by atoms with Crippen LogP contribution in [0.25, 0.3) is 0 Å². The summed E-state index contributed by atoms with van der Waals surface area (Å²) < 4.78 is 5.78. The van der Waals surface area contributed by atoms with Crippen LogP contribution in [0, 0.1) is 0 Å². The van der Waals surface area contributed by atoms with Gasteiger partial charge in [-0.15, -0.1) is 0 Å². The zero-order valence-corrected chi connectivity index (χ0v) is 13.7. The van der Waals surface area contributed by atoms with E-state index in [2.05, 4.69) is 15.0 Å². The fourth-order valence-electron chi connectivity index (χ4n) is 2.43. The van der Waals surface area contributed by atoms with Crippen molar-refractivity contribution in [1.82, 2.24) is 19.9 Å². The maximum absolute atomic E-state index is 12.5. The van der Waals surface area contributed by atoms with E-state index in [0.29, 0.717) is 36.4 Å². The Morgan fingerprint density at radius 1 is 1.52 bits per heavy atom. The van der Waals surface area contributed by atoms with Crippen LogP contribution in [0.2, 0.25) is 5.02 Å². The molecule has 1 fully saturated rings. The summed E-state index contributed by atoms with van der Waals surface area (Å²) >= 11 is 5.87. The number of morpholine rings is 1. The number of hydrogen-bond acceptors (Lipinski definition) is 5. The van der Waals surface area contributed by atoms with E-state index < -0.39 is 0 Å². The number of anilines is 1. The smallest absolute Gasteiger partial charge is 0.270 e. The highest BCUT2D eigenvalue weighted by atomic mass is 35.5. The van der Waals surface area contributed by atoms with Crippen LogP contribution in [0.4, 0.5) is 5.95 Å². The van der Waals surface area contributed by atoms with Gasteiger partial charge in [0.1, 0.15) is 11.8 Å². The summed E-state index contributed by atoms with van der Waals surface area (Å²) in [5.74, 6) is 0.526. The lowest BCUT2D eigenvalue weighted by atomic mass is 10.2. The normalized spacial score (nSPS) is 18.0. The van der Waals surface area contributed by atoms with Crippen LogP contribution in [-0.4, -0.2) is 59.6 Å². The topological polar surface area (TPSA) is 74.4 Å². The van der Waals surface area contributed by atoms with E-state index in [4.69, 9.17) is 16.3 Å². The number of H-pyrrole nitrogens is 1. The number of aromatic nitrogens is 3. The molecule has 0 bridgehead atoms. The number of ether oxygens (including phenoxy) is 1. The van der Waals surface area contributed by atoms with E-state index in [9.17, 15) is 4.79 Å². The van der Waals surface area contributed by atoms with Crippen molar-refractivity contribution in [3.05, 3.63) is 40.9 Å². The third-order valence-electron chi connectivity index (χ3n) is 3.63. The second-order valence-electron chi connectivity index (χ2n) is 5.52. The molecule has 1 aliphatic rings. The molecule has 8 heteroatoms. The molecule has 3 heterocycles. The molecule has 1 saturated heterocycles. The fourth-order valence-corrected chi connectivity index (χ4v) is 2.59. The van der Waals surface area contributed by atoms with Gasteiger partial charge in [0.25, 0.3) is 5.91 Å². The van der Waals surface area contributed by atoms with E-state index in [-0.39, 0.29) is 12.0 Å². The molecule has 122 valence electrons. The number of nitrogens with zero attached hydrogens (tertiary/aromatic N) is 4. The monoisotopic (exact) mass is 335 g/mol. The highest BCUT2D eigenvalue weighted by Crippen LogP contribution is 2.23. The second kappa shape index (κ2) is 6.55. The number of carbonyl (C=O) groups is 1. The zero-order chi connectivity index (χ0) is 16.4. The Kier molecular flexibility index (Phi) is 4.49. The van der Waals surface area contributed by atoms with Gasteiger partial charge in [-0.3, -0.25) is 4.79 Å². The van der Waals surface area contributed by atoms with Gasteiger partial charge in [0.2, 0.25) is 5.95 Å². The van der Waals surface area contributed by atoms with E-state index >= 15 is 0 Å². The van der Waals surface area contributed by atoms with Crippen molar-refractivity contribution in [2.24, 2.45) is 0 Å². The van der Waals surface area contributed by atoms with Crippen LogP contribution in [0.3, 0.4) is 0 Å². The van der Waals surface area contributed by atoms with Crippen molar-refractivity contribution in [3.63, 3.8) is 0 Å². The summed E-state index contributed by atoms with van der Waals surface area (Å²) in [7, 11) is 3.76. The Labute approximate surface area is 139 Å². The van der Waals surface area contributed by atoms with Gasteiger partial charge in [0.05, 0.1) is 23.9 Å². The molecule has 0 radical (unpaired) electrons. The molecule has 0 unspecified atom stereocenters. The second-order valence-corrected chi connectivity index (χ2v) is 5.95. The van der Waals surface area contributed by atoms with Crippen LogP contribution in [0.5, 0.6) is 0 Å². The third kappa shape index (κ3) is 3.46. The van der Waals surface area contributed by atoms with Crippen molar-refractivity contribution in [3.8, 4) is 0 Å². The Hall–Kier alpha value is -2.12. The standard InChI is InChI=1S/C15H18ClN5O2/c1-20(2)15-17-4-3-11(19-15)13-9-21(5-6-23-13)14(22)12-7-10(16)8-18-12/h3-4,7-8,13,18H,5-6,9H2,1-2H3/t13-/m1/s1. The Balaban J connectivity index is 1.75. The van der Waals surface area contributed by atoms with E-state index in [1.165, 1.54) is 0 Å². The first-order chi connectivity index (χ1) is 11.0. The van der Waals surface area contributed by atoms with Crippen molar-refractivity contribution in [2.75, 3.05) is 38.7 Å². The molecule has 0 aromatic carbocycles. The van der Waals surface area contributed by atoms with Crippen molar-refractivity contribution < 1.29 is 9.53 Å². The van der Waals surface area contributed by atoms with E-state index in [1.54, 1.807) is 23.4 Å². The number of hydrogen-bond donors (Lipinski definition) is 1. The first-order valence-corrected chi connectivity index (χ1v) is 7.67. The lowest BCUT2D eigenvalue weighted by Crippen LogP contribution is -2.42. The largest absolute Gasteiger partial charge is 0.368 e. The zero-order valence-electron chi connectivity index (χ0n) is 13.0. The average molecular weight is 336 g/mol. The predicted octanol–water partition coefficient (Wildman–Crippen LogP) is 1.74. The molecule has 2 aromatic heterocycles. The van der Waals surface area contributed by atoms with Crippen LogP contribution >= 0.6 is 11.6 Å². The van der Waals surface area contributed by atoms with Crippen LogP contribution in [-0.2, 0) is 4.74 Å². The molecule has 1 aliphatic heterocycles. The molecule has 23 heavy (non-hydrogen) atoms. The van der Waals surface area contributed by atoms with Gasteiger partial charge in [-0.25, -0.2) is 9.97 Å². The summed E-state index contributed by atoms with van der Waals surface area (Å²) in [5, 5.41) is 0.518. The Morgan fingerprint density at radius 2 is 2.35 bits per heavy atom. The minimum absolute atomic E-state index is 0.0907. The van der Waals surface area contributed by atoms with Crippen LogP contribution in [0.15, 0.2) is 24.5 Å². The van der Waals surface area contributed by atoms with Crippen molar-refractivity contribution >= 4 is 23.5 Å². The van der Waals surface area contributed by atoms with E-state index in [0.717, 1.165) is 5.69 Å². The van der Waals surface area contributed by atoms with Gasteiger partial charge in [0.15, 0.2) is 0 Å². The fraction of sp³-hybridized carbons (Fsp3) is 0.400. The molecule has 0 spiro atoms. The molecule has 3 rings (SSSR count). The maximum atomic E-state index is 12.5. The predicted molar refractivity (Wildman–Crippen MR) is 86.8 cm³/mol. The molecule has 1 atom stereocenters. The van der Waals surface area contributed by atoms with Crippen LogP contribution in [0.1, 0.15) is 22.3 Å². The summed E-state index contributed by atoms with van der Waals surface area (Å²) in [4.78, 5) is 27.6. The third-order valence-corrected chi connectivity index (χ3v) is 3.84. The first-order valence-electron chi connectivity index (χ1n) is 7.29. The molecule has 0 aliphatic carbocycles. The summed E-state index contributed by atoms with van der Waals surface area (Å²) in [6.45, 7) is 1.45. The van der Waals surface area contributed by atoms with Crippen molar-refractivity contribution in [2.45, 2.75) is 6.10 Å². The molecular formula is C15H18ClN5O2. The number of nitrogens with one attached hydrogen (secondary N) is 1. The summed E-state index contributed by atoms with van der Waals surface area (Å²) in [5.41, 5.74) is 1.25. The Bertz CT molecular complexity index is 703. The summed E-state index contributed by atoms with van der Waals surface area (Å²) in [6, 6.07) is 3.44. The Morgan fingerprint density at radius 3 is 3.04 bits per heavy atom. The number of halogens is 1. The van der Waals surface area contributed by atoms with Gasteiger partial charge in [0, 0.05) is 33.0 Å². The minimum atomic E-state index is -0.264. The molecular weight excluding hydrogens is 318 g/mol. The molecule has 0 saturated carbocycles. The lowest BCUT2D eigenvalue weighted by Gasteiger charge is -2.32. The highest BCUT2D eigenvalue weighted by Gasteiger charge is 2.28.